The largest absolute Gasteiger partial charge is 0.364 e. The van der Waals surface area contributed by atoms with E-state index in [2.05, 4.69) is 29.3 Å². The molecule has 3 aromatic carbocycles. The van der Waals surface area contributed by atoms with E-state index in [0.29, 0.717) is 36.0 Å². The smallest absolute Gasteiger partial charge is 0.227 e. The van der Waals surface area contributed by atoms with Gasteiger partial charge < -0.3 is 10.6 Å². The molecular formula is C31H28N6. The molecule has 6 heteroatoms. The van der Waals surface area contributed by atoms with Crippen LogP contribution in [0.5, 0.6) is 0 Å². The zero-order valence-electron chi connectivity index (χ0n) is 20.7. The molecular weight excluding hydrogens is 456 g/mol. The molecule has 6 nitrogen and oxygen atoms in total. The Morgan fingerprint density at radius 1 is 0.730 bits per heavy atom. The molecule has 0 aliphatic heterocycles. The van der Waals surface area contributed by atoms with Gasteiger partial charge in [0.1, 0.15) is 0 Å². The van der Waals surface area contributed by atoms with Gasteiger partial charge in [-0.15, -0.1) is 0 Å². The Morgan fingerprint density at radius 3 is 1.92 bits per heavy atom. The summed E-state index contributed by atoms with van der Waals surface area (Å²) < 4.78 is 0. The van der Waals surface area contributed by atoms with Crippen LogP contribution in [0.15, 0.2) is 115 Å². The third-order valence-corrected chi connectivity index (χ3v) is 6.01. The van der Waals surface area contributed by atoms with Crippen LogP contribution in [-0.2, 0) is 6.54 Å². The highest BCUT2D eigenvalue weighted by Crippen LogP contribution is 2.32. The fourth-order valence-electron chi connectivity index (χ4n) is 4.00. The molecule has 0 aliphatic rings. The first-order valence-electron chi connectivity index (χ1n) is 12.2. The lowest BCUT2D eigenvalue weighted by molar-refractivity contribution is 1.05. The normalized spacial score (nSPS) is 11.3. The second kappa shape index (κ2) is 11.3. The van der Waals surface area contributed by atoms with Crippen molar-refractivity contribution in [3.05, 3.63) is 121 Å². The minimum absolute atomic E-state index is 0.486. The van der Waals surface area contributed by atoms with E-state index in [-0.39, 0.29) is 0 Å². The highest BCUT2D eigenvalue weighted by atomic mass is 15.2. The summed E-state index contributed by atoms with van der Waals surface area (Å²) >= 11 is 0. The van der Waals surface area contributed by atoms with E-state index in [1.54, 1.807) is 0 Å². The Labute approximate surface area is 216 Å². The second-order valence-corrected chi connectivity index (χ2v) is 8.48. The van der Waals surface area contributed by atoms with Gasteiger partial charge >= 0.3 is 0 Å². The topological polar surface area (TPSA) is 75.6 Å². The van der Waals surface area contributed by atoms with E-state index >= 15 is 0 Å². The summed E-state index contributed by atoms with van der Waals surface area (Å²) in [5, 5.41) is 6.78. The Hall–Kier alpha value is -4.84. The molecule has 0 bridgehead atoms. The molecule has 0 aliphatic carbocycles. The van der Waals surface area contributed by atoms with Gasteiger partial charge in [-0.2, -0.15) is 9.97 Å². The quantitative estimate of drug-likeness (QED) is 0.221. The number of hydrogen-bond acceptors (Lipinski definition) is 6. The number of aromatic nitrogens is 4. The van der Waals surface area contributed by atoms with E-state index in [1.165, 1.54) is 0 Å². The number of benzene rings is 3. The summed E-state index contributed by atoms with van der Waals surface area (Å²) in [6, 6.07) is 30.3. The monoisotopic (exact) mass is 484 g/mol. The minimum atomic E-state index is 0.486. The van der Waals surface area contributed by atoms with Crippen LogP contribution < -0.4 is 10.6 Å². The van der Waals surface area contributed by atoms with Crippen LogP contribution in [0.4, 0.5) is 11.8 Å². The second-order valence-electron chi connectivity index (χ2n) is 8.48. The van der Waals surface area contributed by atoms with E-state index in [0.717, 1.165) is 33.7 Å². The van der Waals surface area contributed by atoms with E-state index in [1.807, 2.05) is 97.9 Å². The molecule has 5 rings (SSSR count). The molecule has 2 heterocycles. The van der Waals surface area contributed by atoms with Gasteiger partial charge in [0.25, 0.3) is 0 Å². The number of allylic oxidation sites excluding steroid dienone is 1. The van der Waals surface area contributed by atoms with E-state index in [4.69, 9.17) is 19.9 Å². The van der Waals surface area contributed by atoms with Crippen molar-refractivity contribution in [3.8, 4) is 22.5 Å². The molecule has 0 spiro atoms. The number of rotatable bonds is 9. The molecule has 0 unspecified atom stereocenters. The fourth-order valence-corrected chi connectivity index (χ4v) is 4.00. The highest BCUT2D eigenvalue weighted by molar-refractivity contribution is 5.90. The average Bonchev–Trinajstić information content (AvgIpc) is 2.97. The standard InChI is InChI=1S/C31H28N6/c1-3-22(4-2)20-32-29-28-30(37-31(36-29)33-21-23-14-8-5-9-15-23)35-27(25-18-12-7-13-19-25)26(34-28)24-16-10-6-11-17-24/h3-19H,1,20-21H2,2H3,(H2,32,33,35,36,37). The van der Waals surface area contributed by atoms with Crippen LogP contribution in [0.25, 0.3) is 33.7 Å². The van der Waals surface area contributed by atoms with Crippen molar-refractivity contribution < 1.29 is 0 Å². The van der Waals surface area contributed by atoms with Crippen molar-refractivity contribution in [1.29, 1.82) is 0 Å². The maximum Gasteiger partial charge on any atom is 0.227 e. The minimum Gasteiger partial charge on any atom is -0.364 e. The third-order valence-electron chi connectivity index (χ3n) is 6.01. The van der Waals surface area contributed by atoms with Gasteiger partial charge in [-0.25, -0.2) is 9.97 Å². The lowest BCUT2D eigenvalue weighted by Crippen LogP contribution is -2.11. The zero-order chi connectivity index (χ0) is 25.5. The van der Waals surface area contributed by atoms with Crippen molar-refractivity contribution in [1.82, 2.24) is 19.9 Å². The number of hydrogen-bond donors (Lipinski definition) is 2. The van der Waals surface area contributed by atoms with Crippen LogP contribution in [0, 0.1) is 0 Å². The predicted molar refractivity (Wildman–Crippen MR) is 152 cm³/mol. The SMILES string of the molecule is C=CC(=CC)CNc1nc(NCc2ccccc2)nc2nc(-c3ccccc3)c(-c3ccccc3)nc12. The lowest BCUT2D eigenvalue weighted by atomic mass is 10.0. The van der Waals surface area contributed by atoms with Gasteiger partial charge in [0, 0.05) is 24.2 Å². The van der Waals surface area contributed by atoms with Gasteiger partial charge in [-0.3, -0.25) is 0 Å². The first-order valence-corrected chi connectivity index (χ1v) is 12.2. The number of nitrogens with zero attached hydrogens (tertiary/aromatic N) is 4. The van der Waals surface area contributed by atoms with Gasteiger partial charge in [0.2, 0.25) is 5.95 Å². The van der Waals surface area contributed by atoms with E-state index in [9.17, 15) is 0 Å². The van der Waals surface area contributed by atoms with Crippen LogP contribution in [0.2, 0.25) is 0 Å². The molecule has 0 radical (unpaired) electrons. The lowest BCUT2D eigenvalue weighted by Gasteiger charge is -2.15. The molecule has 182 valence electrons. The molecule has 5 aromatic rings. The zero-order valence-corrected chi connectivity index (χ0v) is 20.7. The van der Waals surface area contributed by atoms with E-state index < -0.39 is 0 Å². The Bertz CT molecular complexity index is 1530. The number of fused-ring (bicyclic) bond motifs is 1. The van der Waals surface area contributed by atoms with Crippen LogP contribution in [0.1, 0.15) is 12.5 Å². The van der Waals surface area contributed by atoms with Gasteiger partial charge in [0.05, 0.1) is 11.4 Å². The first kappa shape index (κ1) is 23.9. The summed E-state index contributed by atoms with van der Waals surface area (Å²) in [6.07, 6.45) is 3.85. The summed E-state index contributed by atoms with van der Waals surface area (Å²) in [5.74, 6) is 1.10. The molecule has 37 heavy (non-hydrogen) atoms. The van der Waals surface area contributed by atoms with Crippen molar-refractivity contribution in [2.75, 3.05) is 17.2 Å². The van der Waals surface area contributed by atoms with Crippen LogP contribution in [0.3, 0.4) is 0 Å². The summed E-state index contributed by atoms with van der Waals surface area (Å²) in [6.45, 7) is 7.05. The molecule has 0 saturated carbocycles. The summed E-state index contributed by atoms with van der Waals surface area (Å²) in [7, 11) is 0. The van der Waals surface area contributed by atoms with Gasteiger partial charge in [-0.1, -0.05) is 110 Å². The molecule has 2 aromatic heterocycles. The van der Waals surface area contributed by atoms with Crippen molar-refractivity contribution in [2.24, 2.45) is 0 Å². The Balaban J connectivity index is 1.65. The highest BCUT2D eigenvalue weighted by Gasteiger charge is 2.18. The molecule has 0 atom stereocenters. The molecule has 2 N–H and O–H groups in total. The first-order chi connectivity index (χ1) is 18.2. The maximum atomic E-state index is 5.09. The van der Waals surface area contributed by atoms with Gasteiger partial charge in [0.15, 0.2) is 17.0 Å². The number of anilines is 2. The van der Waals surface area contributed by atoms with Crippen molar-refractivity contribution in [3.63, 3.8) is 0 Å². The summed E-state index contributed by atoms with van der Waals surface area (Å²) in [5.41, 5.74) is 6.85. The van der Waals surface area contributed by atoms with Gasteiger partial charge in [-0.05, 0) is 18.1 Å². The molecule has 0 saturated heterocycles. The summed E-state index contributed by atoms with van der Waals surface area (Å²) in [4.78, 5) is 19.7. The predicted octanol–water partition coefficient (Wildman–Crippen LogP) is 6.91. The van der Waals surface area contributed by atoms with Crippen molar-refractivity contribution >= 4 is 22.9 Å². The molecule has 0 fully saturated rings. The fraction of sp³-hybridized carbons (Fsp3) is 0.0968. The Kier molecular flexibility index (Phi) is 7.27. The van der Waals surface area contributed by atoms with Crippen LogP contribution in [-0.4, -0.2) is 26.5 Å². The van der Waals surface area contributed by atoms with Crippen molar-refractivity contribution in [2.45, 2.75) is 13.5 Å². The number of nitrogens with one attached hydrogen (secondary N) is 2. The molecule has 0 amide bonds. The van der Waals surface area contributed by atoms with Crippen LogP contribution >= 0.6 is 0 Å². The maximum absolute atomic E-state index is 5.09. The Morgan fingerprint density at radius 2 is 1.32 bits per heavy atom. The third kappa shape index (κ3) is 5.54. The average molecular weight is 485 g/mol.